The van der Waals surface area contributed by atoms with Crippen molar-refractivity contribution >= 4 is 47.7 Å². The van der Waals surface area contributed by atoms with Gasteiger partial charge in [0.2, 0.25) is 0 Å². The molecule has 0 bridgehead atoms. The smallest absolute Gasteiger partial charge is 0.333 e. The van der Waals surface area contributed by atoms with Crippen molar-refractivity contribution in [1.82, 2.24) is 8.75 Å². The first-order valence-electron chi connectivity index (χ1n) is 8.72. The van der Waals surface area contributed by atoms with Crippen LogP contribution in [0.25, 0.3) is 11.0 Å². The van der Waals surface area contributed by atoms with E-state index in [-0.39, 0.29) is 0 Å². The Morgan fingerprint density at radius 3 is 2.00 bits per heavy atom. The summed E-state index contributed by atoms with van der Waals surface area (Å²) in [4.78, 5) is 0.815. The maximum Gasteiger partial charge on any atom is 0.333 e. The number of aromatic nitrogens is 2. The molecular weight excluding hydrogens is 383 g/mol. The van der Waals surface area contributed by atoms with Crippen molar-refractivity contribution in [2.24, 2.45) is 0 Å². The largest absolute Gasteiger partial charge is 0.427 e. The van der Waals surface area contributed by atoms with E-state index in [9.17, 15) is 10.2 Å². The lowest BCUT2D eigenvalue weighted by Gasteiger charge is -2.37. The second-order valence-corrected chi connectivity index (χ2v) is 9.96. The summed E-state index contributed by atoms with van der Waals surface area (Å²) in [5.41, 5.74) is -1.31. The van der Waals surface area contributed by atoms with Crippen LogP contribution in [0.4, 0.5) is 0 Å². The highest BCUT2D eigenvalue weighted by atomic mass is 32.2. The lowest BCUT2D eigenvalue weighted by Crippen LogP contribution is -2.49. The second-order valence-electron chi connectivity index (χ2n) is 8.66. The van der Waals surface area contributed by atoms with Gasteiger partial charge in [0.25, 0.3) is 0 Å². The van der Waals surface area contributed by atoms with Crippen molar-refractivity contribution in [2.75, 3.05) is 0 Å². The lowest BCUT2D eigenvalue weighted by molar-refractivity contribution is -0.0893. The number of hydrogen-bond acceptors (Lipinski definition) is 8. The molecule has 1 aromatic heterocycles. The highest BCUT2D eigenvalue weighted by Gasteiger charge is 2.38. The van der Waals surface area contributed by atoms with Crippen LogP contribution in [-0.4, -0.2) is 48.8 Å². The Labute approximate surface area is 170 Å². The molecule has 1 aromatic carbocycles. The van der Waals surface area contributed by atoms with Crippen LogP contribution in [0, 0.1) is 0 Å². The van der Waals surface area contributed by atoms with Crippen LogP contribution < -0.4 is 5.46 Å². The molecule has 0 atom stereocenters. The minimum Gasteiger partial charge on any atom is -0.427 e. The van der Waals surface area contributed by atoms with E-state index in [0.29, 0.717) is 5.52 Å². The van der Waals surface area contributed by atoms with Gasteiger partial charge in [0.05, 0.1) is 33.4 Å². The summed E-state index contributed by atoms with van der Waals surface area (Å²) in [5.74, 6) is 0. The molecule has 9 heteroatoms. The summed E-state index contributed by atoms with van der Waals surface area (Å²) >= 11 is 2.29. The molecule has 0 unspecified atom stereocenters. The van der Waals surface area contributed by atoms with Crippen LogP contribution >= 0.6 is 23.8 Å². The molecule has 149 valence electrons. The third kappa shape index (κ3) is 5.02. The Bertz CT molecular complexity index is 731. The van der Waals surface area contributed by atoms with Crippen molar-refractivity contribution < 1.29 is 19.1 Å². The average Bonchev–Trinajstić information content (AvgIpc) is 2.99. The average molecular weight is 411 g/mol. The van der Waals surface area contributed by atoms with Crippen LogP contribution in [-0.2, 0) is 8.84 Å². The molecule has 0 amide bonds. The van der Waals surface area contributed by atoms with Crippen LogP contribution in [0.1, 0.15) is 55.4 Å². The molecule has 27 heavy (non-hydrogen) atoms. The van der Waals surface area contributed by atoms with E-state index in [1.54, 1.807) is 35.2 Å². The zero-order valence-electron chi connectivity index (χ0n) is 17.2. The zero-order valence-corrected chi connectivity index (χ0v) is 18.8. The van der Waals surface area contributed by atoms with Crippen molar-refractivity contribution in [3.05, 3.63) is 12.1 Å². The van der Waals surface area contributed by atoms with Crippen LogP contribution in [0.5, 0.6) is 0 Å². The summed E-state index contributed by atoms with van der Waals surface area (Å²) in [6.07, 6.45) is 0. The van der Waals surface area contributed by atoms with Gasteiger partial charge in [-0.05, 0) is 66.9 Å². The number of hydrogen-bond donors (Lipinski definition) is 2. The molecule has 0 saturated heterocycles. The number of nitrogens with zero attached hydrogens (tertiary/aromatic N) is 2. The third-order valence-corrected chi connectivity index (χ3v) is 6.71. The van der Waals surface area contributed by atoms with Crippen LogP contribution in [0.2, 0.25) is 0 Å². The lowest BCUT2D eigenvalue weighted by atomic mass is 9.82. The van der Waals surface area contributed by atoms with E-state index < -0.39 is 22.4 Å². The fourth-order valence-corrected chi connectivity index (χ4v) is 3.12. The van der Waals surface area contributed by atoms with Gasteiger partial charge in [-0.2, -0.15) is 8.75 Å². The standard InChI is InChI=1S/C18H28BN2O4S2/c1-15(2,22)17(5,6)24-19-11-9-10-12(14-13(11)20-27-21-14)26-25-18(7,8)16(3,4)23/h9-10,22-23H,1-8H3. The monoisotopic (exact) mass is 411 g/mol. The molecular formula is C18H28BN2O4S2. The third-order valence-electron chi connectivity index (χ3n) is 5.18. The fraction of sp³-hybridized carbons (Fsp3) is 0.667. The summed E-state index contributed by atoms with van der Waals surface area (Å²) in [5, 5.41) is 20.5. The first kappa shape index (κ1) is 22.6. The maximum absolute atomic E-state index is 10.2. The molecule has 1 radical (unpaired) electrons. The Hall–Kier alpha value is -0.705. The fourth-order valence-electron chi connectivity index (χ4n) is 1.63. The van der Waals surface area contributed by atoms with Crippen molar-refractivity contribution in [3.8, 4) is 0 Å². The quantitative estimate of drug-likeness (QED) is 0.510. The summed E-state index contributed by atoms with van der Waals surface area (Å²) in [6.45, 7) is 14.2. The van der Waals surface area contributed by atoms with E-state index >= 15 is 0 Å². The van der Waals surface area contributed by atoms with Crippen LogP contribution in [0.15, 0.2) is 17.0 Å². The predicted molar refractivity (Wildman–Crippen MR) is 112 cm³/mol. The molecule has 6 nitrogen and oxygen atoms in total. The second kappa shape index (κ2) is 7.61. The highest BCUT2D eigenvalue weighted by Crippen LogP contribution is 2.35. The molecule has 0 aliphatic heterocycles. The first-order valence-corrected chi connectivity index (χ1v) is 10.2. The minimum atomic E-state index is -1.00. The van der Waals surface area contributed by atoms with Gasteiger partial charge >= 0.3 is 7.48 Å². The molecule has 2 rings (SSSR count). The Balaban J connectivity index is 2.20. The van der Waals surface area contributed by atoms with Gasteiger partial charge in [-0.1, -0.05) is 6.07 Å². The Kier molecular flexibility index (Phi) is 6.36. The first-order chi connectivity index (χ1) is 12.2. The van der Waals surface area contributed by atoms with Crippen molar-refractivity contribution in [2.45, 2.75) is 82.7 Å². The molecule has 0 fully saturated rings. The molecule has 2 aromatic rings. The van der Waals surface area contributed by atoms with Crippen molar-refractivity contribution in [1.29, 1.82) is 0 Å². The van der Waals surface area contributed by atoms with E-state index in [0.717, 1.165) is 27.6 Å². The molecule has 0 aliphatic rings. The Morgan fingerprint density at radius 2 is 1.44 bits per heavy atom. The van der Waals surface area contributed by atoms with Crippen molar-refractivity contribution in [3.63, 3.8) is 0 Å². The SMILES string of the molecule is CC(C)(O)C(C)(C)O[B]c1ccc(SOC(C)(C)C(C)(C)O)c2nsnc12. The van der Waals surface area contributed by atoms with Gasteiger partial charge in [-0.3, -0.25) is 0 Å². The van der Waals surface area contributed by atoms with E-state index in [1.807, 2.05) is 39.8 Å². The normalized spacial score (nSPS) is 14.0. The van der Waals surface area contributed by atoms with Gasteiger partial charge in [0, 0.05) is 12.0 Å². The molecule has 0 aliphatic carbocycles. The Morgan fingerprint density at radius 1 is 0.889 bits per heavy atom. The van der Waals surface area contributed by atoms with Gasteiger partial charge in [0.1, 0.15) is 16.6 Å². The van der Waals surface area contributed by atoms with E-state index in [1.165, 1.54) is 12.0 Å². The topological polar surface area (TPSA) is 84.7 Å². The molecule has 2 N–H and O–H groups in total. The van der Waals surface area contributed by atoms with Gasteiger partial charge in [-0.25, -0.2) is 0 Å². The number of fused-ring (bicyclic) bond motifs is 1. The molecule has 0 spiro atoms. The van der Waals surface area contributed by atoms with Gasteiger partial charge in [-0.15, -0.1) is 0 Å². The minimum absolute atomic E-state index is 0.709. The maximum atomic E-state index is 10.2. The van der Waals surface area contributed by atoms with Gasteiger partial charge < -0.3 is 19.1 Å². The van der Waals surface area contributed by atoms with E-state index in [2.05, 4.69) is 8.75 Å². The predicted octanol–water partition coefficient (Wildman–Crippen LogP) is 3.08. The van der Waals surface area contributed by atoms with Gasteiger partial charge in [0.15, 0.2) is 0 Å². The number of rotatable bonds is 8. The van der Waals surface area contributed by atoms with Crippen LogP contribution in [0.3, 0.4) is 0 Å². The molecule has 1 heterocycles. The van der Waals surface area contributed by atoms with E-state index in [4.69, 9.17) is 8.84 Å². The number of aliphatic hydroxyl groups is 2. The molecule has 0 saturated carbocycles. The number of benzene rings is 1. The highest BCUT2D eigenvalue weighted by molar-refractivity contribution is 7.95. The summed E-state index contributed by atoms with van der Waals surface area (Å²) in [6, 6.07) is 3.77. The summed E-state index contributed by atoms with van der Waals surface area (Å²) < 4.78 is 20.5. The summed E-state index contributed by atoms with van der Waals surface area (Å²) in [7, 11) is 1.61. The zero-order chi connectivity index (χ0) is 20.7.